The minimum Gasteiger partial charge on any atom is -0.344 e. The summed E-state index contributed by atoms with van der Waals surface area (Å²) in [6.07, 6.45) is 19.4. The highest BCUT2D eigenvalue weighted by atomic mass is 35.5. The Hall–Kier alpha value is -3.53. The molecule has 0 N–H and O–H groups in total. The number of anilines is 1. The van der Waals surface area contributed by atoms with E-state index in [9.17, 15) is 0 Å². The highest BCUT2D eigenvalue weighted by Crippen LogP contribution is 2.53. The number of rotatable bonds is 10. The molecule has 0 saturated carbocycles. The molecule has 0 saturated heterocycles. The smallest absolute Gasteiger partial charge is 0.210 e. The van der Waals surface area contributed by atoms with E-state index in [1.807, 2.05) is 11.8 Å². The number of fused-ring (bicyclic) bond motifs is 6. The first-order valence-corrected chi connectivity index (χ1v) is 20.8. The van der Waals surface area contributed by atoms with Crippen molar-refractivity contribution in [2.24, 2.45) is 0 Å². The molecule has 7 rings (SSSR count). The van der Waals surface area contributed by atoms with Gasteiger partial charge in [0.05, 0.1) is 5.41 Å². The molecule has 2 heterocycles. The van der Waals surface area contributed by atoms with Crippen molar-refractivity contribution >= 4 is 62.0 Å². The molecule has 4 aromatic carbocycles. The molecular formula is C47H54ClN2S+. The Bertz CT molecular complexity index is 2160. The highest BCUT2D eigenvalue weighted by molar-refractivity contribution is 7.98. The molecule has 0 bridgehead atoms. The van der Waals surface area contributed by atoms with Crippen LogP contribution in [0.1, 0.15) is 97.6 Å². The summed E-state index contributed by atoms with van der Waals surface area (Å²) in [6, 6.07) is 24.9. The summed E-state index contributed by atoms with van der Waals surface area (Å²) in [5, 5.41) is 6.33. The van der Waals surface area contributed by atoms with Crippen molar-refractivity contribution in [1.29, 1.82) is 0 Å². The predicted octanol–water partition coefficient (Wildman–Crippen LogP) is 13.5. The number of halogens is 1. The zero-order valence-electron chi connectivity index (χ0n) is 31.7. The van der Waals surface area contributed by atoms with Crippen molar-refractivity contribution in [2.75, 3.05) is 24.2 Å². The van der Waals surface area contributed by atoms with Crippen LogP contribution in [-0.4, -0.2) is 29.6 Å². The monoisotopic (exact) mass is 713 g/mol. The maximum absolute atomic E-state index is 7.37. The molecule has 2 aliphatic heterocycles. The van der Waals surface area contributed by atoms with E-state index in [1.165, 1.54) is 84.3 Å². The Morgan fingerprint density at radius 1 is 0.804 bits per heavy atom. The molecule has 0 atom stereocenters. The average Bonchev–Trinajstić information content (AvgIpc) is 3.49. The lowest BCUT2D eigenvalue weighted by Gasteiger charge is -2.27. The van der Waals surface area contributed by atoms with Crippen LogP contribution in [0.15, 0.2) is 118 Å². The fraction of sp³-hybridized carbons (Fsp3) is 0.383. The molecule has 0 aromatic heterocycles. The maximum atomic E-state index is 7.37. The van der Waals surface area contributed by atoms with Crippen LogP contribution in [-0.2, 0) is 10.8 Å². The van der Waals surface area contributed by atoms with E-state index in [1.54, 1.807) is 0 Å². The van der Waals surface area contributed by atoms with Crippen LogP contribution < -0.4 is 4.90 Å². The molecule has 4 heteroatoms. The van der Waals surface area contributed by atoms with E-state index < -0.39 is 0 Å². The minimum atomic E-state index is -0.129. The molecule has 1 aliphatic carbocycles. The third kappa shape index (κ3) is 6.23. The first-order chi connectivity index (χ1) is 24.6. The van der Waals surface area contributed by atoms with E-state index >= 15 is 0 Å². The number of hydrogen-bond donors (Lipinski definition) is 0. The van der Waals surface area contributed by atoms with Gasteiger partial charge in [0.25, 0.3) is 0 Å². The van der Waals surface area contributed by atoms with Crippen LogP contribution in [0.3, 0.4) is 0 Å². The van der Waals surface area contributed by atoms with E-state index in [2.05, 4.69) is 148 Å². The first kappa shape index (κ1) is 35.9. The van der Waals surface area contributed by atoms with Gasteiger partial charge < -0.3 is 4.90 Å². The average molecular weight is 714 g/mol. The molecule has 0 fully saturated rings. The van der Waals surface area contributed by atoms with E-state index in [0.717, 1.165) is 50.2 Å². The number of nitrogens with zero attached hydrogens (tertiary/aromatic N) is 2. The van der Waals surface area contributed by atoms with Gasteiger partial charge in [0.15, 0.2) is 5.71 Å². The standard InChI is InChI=1S/C47H54ClN2S/c1-8-10-29-49-38-26-23-32-17-12-13-20-35(32)43(38)46(3,4)41(49)27-24-33-18-16-19-34(45(33)48)25-28-42-47(5,6)44-37-22-15-14-21-36(37)40(51-7)31-39(44)50(42)30-11-9-2/h12-15,17,20-28,31H,8-11,16,18-19,29-30H2,1-7H3/q+1. The van der Waals surface area contributed by atoms with Gasteiger partial charge in [0, 0.05) is 57.4 Å². The van der Waals surface area contributed by atoms with Crippen LogP contribution in [0.2, 0.25) is 0 Å². The number of hydrogen-bond acceptors (Lipinski definition) is 2. The lowest BCUT2D eigenvalue weighted by Crippen LogP contribution is -2.28. The largest absolute Gasteiger partial charge is 0.344 e. The van der Waals surface area contributed by atoms with Gasteiger partial charge in [-0.05, 0) is 102 Å². The van der Waals surface area contributed by atoms with Gasteiger partial charge >= 0.3 is 0 Å². The van der Waals surface area contributed by atoms with Crippen LogP contribution in [0.4, 0.5) is 11.4 Å². The zero-order chi connectivity index (χ0) is 35.9. The Labute approximate surface area is 315 Å². The lowest BCUT2D eigenvalue weighted by molar-refractivity contribution is -0.438. The Balaban J connectivity index is 1.27. The molecular weight excluding hydrogens is 660 g/mol. The highest BCUT2D eigenvalue weighted by Gasteiger charge is 2.45. The number of unbranched alkanes of at least 4 members (excludes halogenated alkanes) is 2. The van der Waals surface area contributed by atoms with Crippen molar-refractivity contribution in [1.82, 2.24) is 0 Å². The molecule has 51 heavy (non-hydrogen) atoms. The van der Waals surface area contributed by atoms with Crippen LogP contribution >= 0.6 is 23.4 Å². The second kappa shape index (κ2) is 14.5. The van der Waals surface area contributed by atoms with Crippen molar-refractivity contribution in [3.05, 3.63) is 124 Å². The molecule has 0 spiro atoms. The summed E-state index contributed by atoms with van der Waals surface area (Å²) >= 11 is 9.22. The molecule has 0 amide bonds. The van der Waals surface area contributed by atoms with Gasteiger partial charge in [-0.3, -0.25) is 0 Å². The Morgan fingerprint density at radius 2 is 1.53 bits per heavy atom. The van der Waals surface area contributed by atoms with Gasteiger partial charge in [0.1, 0.15) is 6.54 Å². The Kier molecular flexibility index (Phi) is 10.2. The van der Waals surface area contributed by atoms with E-state index in [-0.39, 0.29) is 10.8 Å². The van der Waals surface area contributed by atoms with Gasteiger partial charge in [0.2, 0.25) is 5.69 Å². The zero-order valence-corrected chi connectivity index (χ0v) is 33.3. The van der Waals surface area contributed by atoms with Crippen molar-refractivity contribution in [3.63, 3.8) is 0 Å². The third-order valence-corrected chi connectivity index (χ3v) is 12.9. The Morgan fingerprint density at radius 3 is 2.27 bits per heavy atom. The summed E-state index contributed by atoms with van der Waals surface area (Å²) in [6.45, 7) is 16.2. The van der Waals surface area contributed by atoms with Crippen LogP contribution in [0, 0.1) is 0 Å². The quantitative estimate of drug-likeness (QED) is 0.119. The summed E-state index contributed by atoms with van der Waals surface area (Å²) < 4.78 is 2.58. The van der Waals surface area contributed by atoms with Crippen molar-refractivity contribution in [3.8, 4) is 0 Å². The van der Waals surface area contributed by atoms with Gasteiger partial charge in [-0.15, -0.1) is 11.8 Å². The van der Waals surface area contributed by atoms with Gasteiger partial charge in [-0.2, -0.15) is 4.58 Å². The maximum Gasteiger partial charge on any atom is 0.210 e. The van der Waals surface area contributed by atoms with Crippen molar-refractivity contribution in [2.45, 2.75) is 102 Å². The minimum absolute atomic E-state index is 0.115. The normalized spacial score (nSPS) is 19.8. The van der Waals surface area contributed by atoms with Crippen molar-refractivity contribution < 1.29 is 4.58 Å². The molecule has 3 aliphatic rings. The van der Waals surface area contributed by atoms with Gasteiger partial charge in [-0.25, -0.2) is 0 Å². The molecule has 264 valence electrons. The van der Waals surface area contributed by atoms with E-state index in [0.29, 0.717) is 0 Å². The number of allylic oxidation sites excluding steroid dienone is 8. The molecule has 0 radical (unpaired) electrons. The second-order valence-corrected chi connectivity index (χ2v) is 16.8. The number of thioether (sulfide) groups is 1. The number of benzene rings is 4. The summed E-state index contributed by atoms with van der Waals surface area (Å²) in [5.41, 5.74) is 10.6. The third-order valence-electron chi connectivity index (χ3n) is 11.6. The SMILES string of the molecule is CCCCN1/C(=C/C=C2\CCCC(/C=C/C3=[N+](CCCC)c4ccc5ccccc5c4C3(C)C)=C2Cl)C(C)(C)c2c1cc(SC)c1ccccc21. The summed E-state index contributed by atoms with van der Waals surface area (Å²) in [5.74, 6) is 0. The molecule has 0 unspecified atom stereocenters. The lowest BCUT2D eigenvalue weighted by atomic mass is 9.78. The fourth-order valence-corrected chi connectivity index (χ4v) is 9.92. The summed E-state index contributed by atoms with van der Waals surface area (Å²) in [4.78, 5) is 3.96. The molecule has 4 aromatic rings. The first-order valence-electron chi connectivity index (χ1n) is 19.2. The van der Waals surface area contributed by atoms with Crippen LogP contribution in [0.25, 0.3) is 21.5 Å². The second-order valence-electron chi connectivity index (χ2n) is 15.6. The van der Waals surface area contributed by atoms with Crippen LogP contribution in [0.5, 0.6) is 0 Å². The topological polar surface area (TPSA) is 6.25 Å². The fourth-order valence-electron chi connectivity index (χ4n) is 8.98. The summed E-state index contributed by atoms with van der Waals surface area (Å²) in [7, 11) is 0. The van der Waals surface area contributed by atoms with Gasteiger partial charge in [-0.1, -0.05) is 113 Å². The predicted molar refractivity (Wildman–Crippen MR) is 225 cm³/mol. The van der Waals surface area contributed by atoms with E-state index in [4.69, 9.17) is 11.6 Å². The molecule has 2 nitrogen and oxygen atoms in total.